The SMILES string of the molecule is CN1CCCC(Nc2nc(Br)cn3ccnc23)C1. The fourth-order valence-electron chi connectivity index (χ4n) is 2.48. The van der Waals surface area contributed by atoms with Crippen LogP contribution in [0.1, 0.15) is 12.8 Å². The van der Waals surface area contributed by atoms with Gasteiger partial charge in [0, 0.05) is 31.2 Å². The molecular formula is C12H16BrN5. The van der Waals surface area contributed by atoms with E-state index < -0.39 is 0 Å². The van der Waals surface area contributed by atoms with Crippen LogP contribution in [0.3, 0.4) is 0 Å². The normalized spacial score (nSPS) is 21.3. The lowest BCUT2D eigenvalue weighted by atomic mass is 10.1. The lowest BCUT2D eigenvalue weighted by Crippen LogP contribution is -2.40. The molecule has 0 spiro atoms. The zero-order valence-corrected chi connectivity index (χ0v) is 11.9. The van der Waals surface area contributed by atoms with Crippen molar-refractivity contribution in [1.29, 1.82) is 0 Å². The first kappa shape index (κ1) is 11.9. The van der Waals surface area contributed by atoms with Crippen molar-refractivity contribution in [2.24, 2.45) is 0 Å². The Hall–Kier alpha value is -1.14. The average Bonchev–Trinajstić information content (AvgIpc) is 2.77. The predicted octanol–water partition coefficient (Wildman–Crippen LogP) is 2.00. The minimum absolute atomic E-state index is 0.450. The maximum absolute atomic E-state index is 4.50. The first-order chi connectivity index (χ1) is 8.72. The molecule has 0 radical (unpaired) electrons. The third-order valence-corrected chi connectivity index (χ3v) is 3.69. The van der Waals surface area contributed by atoms with Gasteiger partial charge in [-0.05, 0) is 42.4 Å². The van der Waals surface area contributed by atoms with Gasteiger partial charge in [-0.15, -0.1) is 0 Å². The molecule has 96 valence electrons. The minimum atomic E-state index is 0.450. The maximum Gasteiger partial charge on any atom is 0.180 e. The van der Waals surface area contributed by atoms with E-state index in [0.29, 0.717) is 6.04 Å². The second-order valence-corrected chi connectivity index (χ2v) is 5.63. The number of aromatic nitrogens is 3. The van der Waals surface area contributed by atoms with Crippen LogP contribution in [0.25, 0.3) is 5.65 Å². The number of likely N-dealkylation sites (tertiary alicyclic amines) is 1. The monoisotopic (exact) mass is 309 g/mol. The predicted molar refractivity (Wildman–Crippen MR) is 74.8 cm³/mol. The van der Waals surface area contributed by atoms with Gasteiger partial charge in [-0.2, -0.15) is 0 Å². The van der Waals surface area contributed by atoms with Crippen molar-refractivity contribution in [3.05, 3.63) is 23.2 Å². The van der Waals surface area contributed by atoms with Crippen molar-refractivity contribution >= 4 is 27.4 Å². The van der Waals surface area contributed by atoms with Gasteiger partial charge in [-0.25, -0.2) is 9.97 Å². The Labute approximate surface area is 114 Å². The van der Waals surface area contributed by atoms with E-state index in [2.05, 4.69) is 43.2 Å². The molecular weight excluding hydrogens is 294 g/mol. The number of nitrogens with zero attached hydrogens (tertiary/aromatic N) is 4. The molecule has 1 unspecified atom stereocenters. The molecule has 0 saturated carbocycles. The lowest BCUT2D eigenvalue weighted by molar-refractivity contribution is 0.261. The summed E-state index contributed by atoms with van der Waals surface area (Å²) in [6.07, 6.45) is 8.06. The highest BCUT2D eigenvalue weighted by Gasteiger charge is 2.18. The number of anilines is 1. The number of imidazole rings is 1. The van der Waals surface area contributed by atoms with E-state index in [9.17, 15) is 0 Å². The second-order valence-electron chi connectivity index (χ2n) is 4.82. The number of fused-ring (bicyclic) bond motifs is 1. The lowest BCUT2D eigenvalue weighted by Gasteiger charge is -2.30. The highest BCUT2D eigenvalue weighted by molar-refractivity contribution is 9.10. The highest BCUT2D eigenvalue weighted by Crippen LogP contribution is 2.20. The summed E-state index contributed by atoms with van der Waals surface area (Å²) in [6.45, 7) is 2.24. The first-order valence-corrected chi connectivity index (χ1v) is 6.96. The van der Waals surface area contributed by atoms with Gasteiger partial charge in [0.25, 0.3) is 0 Å². The van der Waals surface area contributed by atoms with Crippen molar-refractivity contribution < 1.29 is 0 Å². The van der Waals surface area contributed by atoms with Crippen LogP contribution in [0.2, 0.25) is 0 Å². The van der Waals surface area contributed by atoms with E-state index in [1.165, 1.54) is 19.4 Å². The number of nitrogens with one attached hydrogen (secondary N) is 1. The van der Waals surface area contributed by atoms with Gasteiger partial charge in [0.2, 0.25) is 0 Å². The van der Waals surface area contributed by atoms with E-state index in [1.807, 2.05) is 16.8 Å². The third kappa shape index (κ3) is 2.35. The molecule has 1 aliphatic heterocycles. The molecule has 1 fully saturated rings. The molecule has 0 amide bonds. The number of likely N-dealkylation sites (N-methyl/N-ethyl adjacent to an activating group) is 1. The Morgan fingerprint density at radius 2 is 2.39 bits per heavy atom. The van der Waals surface area contributed by atoms with Crippen LogP contribution in [0.5, 0.6) is 0 Å². The zero-order valence-electron chi connectivity index (χ0n) is 10.3. The Morgan fingerprint density at radius 3 is 3.22 bits per heavy atom. The number of rotatable bonds is 2. The van der Waals surface area contributed by atoms with E-state index in [4.69, 9.17) is 0 Å². The summed E-state index contributed by atoms with van der Waals surface area (Å²) in [5, 5.41) is 3.52. The topological polar surface area (TPSA) is 45.5 Å². The molecule has 2 aromatic heterocycles. The van der Waals surface area contributed by atoms with Crippen LogP contribution < -0.4 is 5.32 Å². The first-order valence-electron chi connectivity index (χ1n) is 6.16. The molecule has 18 heavy (non-hydrogen) atoms. The smallest absolute Gasteiger partial charge is 0.180 e. The molecule has 1 N–H and O–H groups in total. The number of piperidine rings is 1. The Kier molecular flexibility index (Phi) is 3.22. The summed E-state index contributed by atoms with van der Waals surface area (Å²) in [6, 6.07) is 0.450. The molecule has 0 bridgehead atoms. The third-order valence-electron chi connectivity index (χ3n) is 3.31. The fourth-order valence-corrected chi connectivity index (χ4v) is 2.87. The van der Waals surface area contributed by atoms with E-state index in [1.54, 1.807) is 6.20 Å². The van der Waals surface area contributed by atoms with Gasteiger partial charge in [0.05, 0.1) is 0 Å². The highest BCUT2D eigenvalue weighted by atomic mass is 79.9. The maximum atomic E-state index is 4.50. The zero-order chi connectivity index (χ0) is 12.5. The van der Waals surface area contributed by atoms with Gasteiger partial charge < -0.3 is 14.6 Å². The molecule has 0 aromatic carbocycles. The summed E-state index contributed by atoms with van der Waals surface area (Å²) in [5.41, 5.74) is 0.881. The van der Waals surface area contributed by atoms with Gasteiger partial charge in [0.1, 0.15) is 4.60 Å². The van der Waals surface area contributed by atoms with Crippen molar-refractivity contribution in [1.82, 2.24) is 19.3 Å². The van der Waals surface area contributed by atoms with Crippen LogP contribution >= 0.6 is 15.9 Å². The van der Waals surface area contributed by atoms with Crippen LogP contribution in [0, 0.1) is 0 Å². The van der Waals surface area contributed by atoms with Crippen LogP contribution in [0.15, 0.2) is 23.2 Å². The van der Waals surface area contributed by atoms with Gasteiger partial charge >= 0.3 is 0 Å². The fraction of sp³-hybridized carbons (Fsp3) is 0.500. The Morgan fingerprint density at radius 1 is 1.50 bits per heavy atom. The summed E-state index contributed by atoms with van der Waals surface area (Å²) in [5.74, 6) is 0.856. The Bertz CT molecular complexity index is 552. The molecule has 0 aliphatic carbocycles. The van der Waals surface area contributed by atoms with Crippen LogP contribution in [0.4, 0.5) is 5.82 Å². The van der Waals surface area contributed by atoms with E-state index in [0.717, 1.165) is 22.6 Å². The molecule has 2 aromatic rings. The van der Waals surface area contributed by atoms with E-state index >= 15 is 0 Å². The summed E-state index contributed by atoms with van der Waals surface area (Å²) >= 11 is 3.43. The standard InChI is InChI=1S/C12H16BrN5/c1-17-5-2-3-9(7-17)15-11-12-14-4-6-18(12)8-10(13)16-11/h4,6,8-9H,2-3,5,7H2,1H3,(H,15,16). The van der Waals surface area contributed by atoms with Crippen molar-refractivity contribution in [2.45, 2.75) is 18.9 Å². The molecule has 1 aliphatic rings. The molecule has 6 heteroatoms. The molecule has 1 saturated heterocycles. The second kappa shape index (κ2) is 4.85. The molecule has 1 atom stereocenters. The number of hydrogen-bond donors (Lipinski definition) is 1. The molecule has 3 heterocycles. The quantitative estimate of drug-likeness (QED) is 0.921. The van der Waals surface area contributed by atoms with Crippen LogP contribution in [-0.2, 0) is 0 Å². The number of hydrogen-bond acceptors (Lipinski definition) is 4. The van der Waals surface area contributed by atoms with E-state index in [-0.39, 0.29) is 0 Å². The summed E-state index contributed by atoms with van der Waals surface area (Å²) < 4.78 is 2.80. The molecule has 3 rings (SSSR count). The van der Waals surface area contributed by atoms with Crippen molar-refractivity contribution in [3.8, 4) is 0 Å². The molecule has 5 nitrogen and oxygen atoms in total. The van der Waals surface area contributed by atoms with Crippen molar-refractivity contribution in [3.63, 3.8) is 0 Å². The van der Waals surface area contributed by atoms with Gasteiger partial charge in [0.15, 0.2) is 11.5 Å². The van der Waals surface area contributed by atoms with Crippen molar-refractivity contribution in [2.75, 3.05) is 25.5 Å². The number of halogens is 1. The summed E-state index contributed by atoms with van der Waals surface area (Å²) in [7, 11) is 2.16. The minimum Gasteiger partial charge on any atom is -0.363 e. The Balaban J connectivity index is 1.87. The summed E-state index contributed by atoms with van der Waals surface area (Å²) in [4.78, 5) is 11.2. The van der Waals surface area contributed by atoms with Gasteiger partial charge in [-0.3, -0.25) is 0 Å². The van der Waals surface area contributed by atoms with Gasteiger partial charge in [-0.1, -0.05) is 0 Å². The van der Waals surface area contributed by atoms with Crippen LogP contribution in [-0.4, -0.2) is 45.4 Å². The average molecular weight is 310 g/mol. The largest absolute Gasteiger partial charge is 0.363 e.